The highest BCUT2D eigenvalue weighted by molar-refractivity contribution is 8.05. The van der Waals surface area contributed by atoms with E-state index < -0.39 is 10.8 Å². The van der Waals surface area contributed by atoms with Gasteiger partial charge in [-0.25, -0.2) is 0 Å². The van der Waals surface area contributed by atoms with Crippen LogP contribution in [0.2, 0.25) is 0 Å². The maximum atomic E-state index is 6.75. The van der Waals surface area contributed by atoms with Crippen LogP contribution in [0.5, 0.6) is 23.0 Å². The van der Waals surface area contributed by atoms with Crippen LogP contribution in [0.3, 0.4) is 0 Å². The van der Waals surface area contributed by atoms with Crippen molar-refractivity contribution < 1.29 is 9.47 Å². The van der Waals surface area contributed by atoms with Crippen LogP contribution >= 0.6 is 23.5 Å². The van der Waals surface area contributed by atoms with Gasteiger partial charge < -0.3 is 19.3 Å². The van der Waals surface area contributed by atoms with E-state index in [0.29, 0.717) is 0 Å². The van der Waals surface area contributed by atoms with Crippen LogP contribution < -0.4 is 19.3 Å². The molecule has 0 bridgehead atoms. The SMILES string of the molecule is CC1(C)c2ccccc2-c2ccc(N(c3ccc(-c4ccccc4)cc3)c3ccc(C4(c5ccc(-c6ccccc6)cc5)c5ccccc5-c5c4ccc4c5Sc5ccccc5S4)cc3)cc21.c1ccc(-c2ccc(N(c3ccc(-c4cccc5ccccc45)cc3)c3ccc(C4(c5ccccc5)c5ccccc5-c5c4ccc4c5Oc5ccccc5O4)cc3)cc2)cc1. The second-order valence-electron chi connectivity index (χ2n) is 34.4. The lowest BCUT2D eigenvalue weighted by atomic mass is 9.67. The molecule has 0 N–H and O–H groups in total. The summed E-state index contributed by atoms with van der Waals surface area (Å²) < 4.78 is 13.2. The Bertz CT molecular complexity index is 7710. The third-order valence-electron chi connectivity index (χ3n) is 27.1. The monoisotopic (exact) mass is 1680 g/mol. The Labute approximate surface area is 761 Å². The van der Waals surface area contributed by atoms with Gasteiger partial charge in [0.25, 0.3) is 0 Å². The molecule has 0 radical (unpaired) electrons. The van der Waals surface area contributed by atoms with Crippen molar-refractivity contribution in [1.82, 2.24) is 0 Å². The highest BCUT2D eigenvalue weighted by Gasteiger charge is 2.51. The van der Waals surface area contributed by atoms with Crippen LogP contribution in [-0.2, 0) is 16.2 Å². The zero-order valence-electron chi connectivity index (χ0n) is 71.1. The topological polar surface area (TPSA) is 24.9 Å². The quantitative estimate of drug-likeness (QED) is 0.108. The third-order valence-corrected chi connectivity index (χ3v) is 29.7. The Hall–Kier alpha value is -15.4. The summed E-state index contributed by atoms with van der Waals surface area (Å²) in [6, 6.07) is 173. The average Bonchev–Trinajstić information content (AvgIpc) is 1.54. The lowest BCUT2D eigenvalue weighted by molar-refractivity contribution is 0.360. The lowest BCUT2D eigenvalue weighted by Crippen LogP contribution is -2.28. The summed E-state index contributed by atoms with van der Waals surface area (Å²) in [5.74, 6) is 2.91. The number of benzene rings is 20. The van der Waals surface area contributed by atoms with Gasteiger partial charge in [0.15, 0.2) is 23.0 Å². The highest BCUT2D eigenvalue weighted by Crippen LogP contribution is 2.65. The number of fused-ring (bicyclic) bond motifs is 16. The molecule has 0 saturated heterocycles. The van der Waals surface area contributed by atoms with E-state index in [1.807, 2.05) is 47.8 Å². The Kier molecular flexibility index (Phi) is 18.9. The van der Waals surface area contributed by atoms with Gasteiger partial charge in [0.2, 0.25) is 0 Å². The first-order valence-electron chi connectivity index (χ1n) is 44.3. The zero-order valence-corrected chi connectivity index (χ0v) is 72.7. The van der Waals surface area contributed by atoms with Crippen LogP contribution in [0.25, 0.3) is 88.7 Å². The zero-order chi connectivity index (χ0) is 85.7. The van der Waals surface area contributed by atoms with Crippen LogP contribution in [0.1, 0.15) is 69.5 Å². The van der Waals surface area contributed by atoms with Crippen LogP contribution in [-0.4, -0.2) is 0 Å². The number of ether oxygens (including phenoxy) is 2. The van der Waals surface area contributed by atoms with Crippen LogP contribution in [0.4, 0.5) is 34.1 Å². The van der Waals surface area contributed by atoms with Crippen molar-refractivity contribution >= 4 is 68.4 Å². The summed E-state index contributed by atoms with van der Waals surface area (Å²) in [4.78, 5) is 10.1. The Morgan fingerprint density at radius 2 is 0.589 bits per heavy atom. The molecular weight excluding hydrogens is 1600 g/mol. The summed E-state index contributed by atoms with van der Waals surface area (Å²) in [6.07, 6.45) is 0. The van der Waals surface area contributed by atoms with E-state index in [1.54, 1.807) is 0 Å². The average molecular weight is 1690 g/mol. The van der Waals surface area contributed by atoms with Crippen molar-refractivity contribution in [3.63, 3.8) is 0 Å². The fourth-order valence-electron chi connectivity index (χ4n) is 21.1. The van der Waals surface area contributed by atoms with Crippen molar-refractivity contribution in [2.45, 2.75) is 49.7 Å². The fourth-order valence-corrected chi connectivity index (χ4v) is 23.5. The van der Waals surface area contributed by atoms with E-state index in [2.05, 4.69) is 473 Å². The lowest BCUT2D eigenvalue weighted by Gasteiger charge is -2.35. The molecule has 0 fully saturated rings. The minimum Gasteiger partial charge on any atom is -0.449 e. The molecular formula is C123H84N2O2S2. The van der Waals surface area contributed by atoms with E-state index in [4.69, 9.17) is 9.47 Å². The Balaban J connectivity index is 0.000000144. The molecule has 20 aromatic carbocycles. The predicted octanol–water partition coefficient (Wildman–Crippen LogP) is 33.7. The van der Waals surface area contributed by atoms with Gasteiger partial charge in [-0.3, -0.25) is 0 Å². The molecule has 0 aromatic heterocycles. The van der Waals surface area contributed by atoms with Crippen molar-refractivity contribution in [3.05, 3.63) is 529 Å². The molecule has 5 aliphatic rings. The summed E-state index contributed by atoms with van der Waals surface area (Å²) in [7, 11) is 0. The van der Waals surface area contributed by atoms with E-state index in [9.17, 15) is 0 Å². The van der Waals surface area contributed by atoms with Crippen molar-refractivity contribution in [3.8, 4) is 101 Å². The highest BCUT2D eigenvalue weighted by atomic mass is 32.2. The molecule has 25 rings (SSSR count). The molecule has 2 atom stereocenters. The van der Waals surface area contributed by atoms with Crippen LogP contribution in [0, 0.1) is 0 Å². The maximum absolute atomic E-state index is 6.75. The third kappa shape index (κ3) is 12.8. The predicted molar refractivity (Wildman–Crippen MR) is 535 cm³/mol. The molecule has 3 aliphatic carbocycles. The normalized spacial score (nSPS) is 15.1. The minimum atomic E-state index is -0.622. The molecule has 610 valence electrons. The van der Waals surface area contributed by atoms with E-state index in [0.717, 1.165) is 73.8 Å². The number of hydrogen-bond acceptors (Lipinski definition) is 6. The van der Waals surface area contributed by atoms with Crippen molar-refractivity contribution in [2.24, 2.45) is 0 Å². The number of nitrogens with zero attached hydrogens (tertiary/aromatic N) is 2. The van der Waals surface area contributed by atoms with Gasteiger partial charge in [-0.05, 0) is 242 Å². The van der Waals surface area contributed by atoms with Gasteiger partial charge in [-0.2, -0.15) is 0 Å². The molecule has 2 heterocycles. The van der Waals surface area contributed by atoms with Gasteiger partial charge in [-0.15, -0.1) is 0 Å². The fraction of sp³-hybridized carbons (Fsp3) is 0.0407. The maximum Gasteiger partial charge on any atom is 0.178 e. The minimum absolute atomic E-state index is 0.127. The van der Waals surface area contributed by atoms with Crippen molar-refractivity contribution in [2.75, 3.05) is 9.80 Å². The first kappa shape index (κ1) is 77.2. The molecule has 0 saturated carbocycles. The van der Waals surface area contributed by atoms with Crippen LogP contribution in [0.15, 0.2) is 493 Å². The molecule has 2 aliphatic heterocycles. The number of rotatable bonds is 14. The largest absolute Gasteiger partial charge is 0.449 e. The first-order chi connectivity index (χ1) is 63.7. The summed E-state index contributed by atoms with van der Waals surface area (Å²) in [5.41, 5.74) is 35.0. The van der Waals surface area contributed by atoms with Gasteiger partial charge in [0.05, 0.1) is 10.8 Å². The Morgan fingerprint density at radius 1 is 0.217 bits per heavy atom. The second kappa shape index (κ2) is 31.6. The molecule has 6 heteroatoms. The second-order valence-corrected chi connectivity index (χ2v) is 36.5. The molecule has 4 nitrogen and oxygen atoms in total. The summed E-state index contributed by atoms with van der Waals surface area (Å²) >= 11 is 3.81. The first-order valence-corrected chi connectivity index (χ1v) is 45.9. The van der Waals surface area contributed by atoms with Gasteiger partial charge in [-0.1, -0.05) is 401 Å². The molecule has 2 unspecified atom stereocenters. The van der Waals surface area contributed by atoms with Gasteiger partial charge in [0.1, 0.15) is 0 Å². The van der Waals surface area contributed by atoms with Gasteiger partial charge >= 0.3 is 0 Å². The summed E-state index contributed by atoms with van der Waals surface area (Å²) in [6.45, 7) is 4.73. The molecule has 129 heavy (non-hydrogen) atoms. The number of hydrogen-bond donors (Lipinski definition) is 0. The molecule has 0 amide bonds. The number of anilines is 6. The molecule has 20 aromatic rings. The summed E-state index contributed by atoms with van der Waals surface area (Å²) in [5, 5.41) is 2.49. The van der Waals surface area contributed by atoms with E-state index in [1.165, 1.54) is 147 Å². The smallest absolute Gasteiger partial charge is 0.178 e. The van der Waals surface area contributed by atoms with Crippen molar-refractivity contribution in [1.29, 1.82) is 0 Å². The molecule has 0 spiro atoms. The standard InChI is InChI=1S/C64H45NS2.C59H39NO2/c1-63(2)54-21-11-9-19-51(54)52-38-37-50(41-57(52)63)65(48-33-27-45(28-34-48)43-17-7-4-8-18-43)49-35-31-47(32-36-49)64(46-29-25-44(26-30-46)42-15-5-3-6-16-42)55-22-12-10-20-53(55)61-56(64)39-40-60-62(61)67-59-24-14-13-23-58(59)66-60;1-3-14-40(15-4-1)41-26-32-46(33-27-41)60(47-34-28-43(29-35-47)50-22-13-17-42-16-7-8-20-49(42)50)48-36-30-45(31-37-48)59(44-18-5-2-6-19-44)52-23-10-9-21-51(52)57-53(59)38-39-56-58(57)62-55-25-12-11-24-54(55)61-56/h3-41H,1-2H3;1-39H. The van der Waals surface area contributed by atoms with E-state index >= 15 is 0 Å². The Morgan fingerprint density at radius 3 is 1.16 bits per heavy atom. The van der Waals surface area contributed by atoms with E-state index in [-0.39, 0.29) is 5.41 Å². The number of para-hydroxylation sites is 2. The van der Waals surface area contributed by atoms with Gasteiger partial charge in [0, 0.05) is 70.2 Å².